The van der Waals surface area contributed by atoms with Crippen molar-refractivity contribution in [2.45, 2.75) is 39.7 Å². The van der Waals surface area contributed by atoms with Crippen LogP contribution in [0.5, 0.6) is 0 Å². The van der Waals surface area contributed by atoms with Gasteiger partial charge in [-0.1, -0.05) is 13.0 Å². The van der Waals surface area contributed by atoms with Crippen molar-refractivity contribution >= 4 is 23.5 Å². The average Bonchev–Trinajstić information content (AvgIpc) is 2.68. The van der Waals surface area contributed by atoms with Crippen LogP contribution in [-0.2, 0) is 9.59 Å². The van der Waals surface area contributed by atoms with Gasteiger partial charge in [0.2, 0.25) is 0 Å². The molecule has 1 aromatic carbocycles. The molecule has 0 spiro atoms. The monoisotopic (exact) mass is 318 g/mol. The van der Waals surface area contributed by atoms with Crippen LogP contribution < -0.4 is 16.1 Å². The molecular weight excluding hydrogens is 296 g/mol. The topological polar surface area (TPSA) is 90.5 Å². The minimum atomic E-state index is -0.967. The molecule has 1 aliphatic heterocycles. The van der Waals surface area contributed by atoms with Crippen molar-refractivity contribution in [1.29, 1.82) is 0 Å². The number of rotatable bonds is 5. The Kier molecular flexibility index (Phi) is 4.58. The second kappa shape index (κ2) is 6.28. The third-order valence-corrected chi connectivity index (χ3v) is 3.88. The number of imide groups is 1. The summed E-state index contributed by atoms with van der Waals surface area (Å²) in [5.41, 5.74) is 4.35. The molecule has 4 amide bonds. The summed E-state index contributed by atoms with van der Waals surface area (Å²) in [6.07, 6.45) is 0.449. The number of nitrogens with one attached hydrogen (secondary N) is 3. The van der Waals surface area contributed by atoms with Crippen LogP contribution in [0.1, 0.15) is 31.4 Å². The zero-order valence-electron chi connectivity index (χ0n) is 13.8. The number of carbonyl (C=O) groups excluding carboxylic acids is 3. The summed E-state index contributed by atoms with van der Waals surface area (Å²) in [6, 6.07) is 5.26. The van der Waals surface area contributed by atoms with E-state index in [1.54, 1.807) is 13.8 Å². The predicted molar refractivity (Wildman–Crippen MR) is 86.6 cm³/mol. The van der Waals surface area contributed by atoms with E-state index in [0.717, 1.165) is 21.8 Å². The highest BCUT2D eigenvalue weighted by Gasteiger charge is 2.47. The molecule has 1 atom stereocenters. The lowest BCUT2D eigenvalue weighted by molar-refractivity contribution is -0.138. The first-order chi connectivity index (χ1) is 10.7. The largest absolute Gasteiger partial charge is 0.376 e. The number of hydrogen-bond acceptors (Lipinski definition) is 4. The molecule has 1 fully saturated rings. The standard InChI is InChI=1S/C16H22N4O3/c1-5-16(4)14(22)20(15(23)18-16)19-13(21)9-17-12-7-10(2)6-11(3)8-12/h6-8,17H,5,9H2,1-4H3,(H,18,23)(H,19,21). The van der Waals surface area contributed by atoms with Crippen molar-refractivity contribution in [3.63, 3.8) is 0 Å². The maximum absolute atomic E-state index is 12.2. The van der Waals surface area contributed by atoms with Crippen molar-refractivity contribution in [2.24, 2.45) is 0 Å². The molecule has 0 saturated carbocycles. The molecule has 23 heavy (non-hydrogen) atoms. The highest BCUT2D eigenvalue weighted by atomic mass is 16.2. The van der Waals surface area contributed by atoms with Gasteiger partial charge in [0.15, 0.2) is 0 Å². The predicted octanol–water partition coefficient (Wildman–Crippen LogP) is 1.47. The van der Waals surface area contributed by atoms with Crippen molar-refractivity contribution in [2.75, 3.05) is 11.9 Å². The fourth-order valence-electron chi connectivity index (χ4n) is 2.45. The maximum Gasteiger partial charge on any atom is 0.344 e. The zero-order valence-corrected chi connectivity index (χ0v) is 13.8. The molecule has 0 bridgehead atoms. The highest BCUT2D eigenvalue weighted by Crippen LogP contribution is 2.19. The lowest BCUT2D eigenvalue weighted by atomic mass is 10.00. The van der Waals surface area contributed by atoms with E-state index in [9.17, 15) is 14.4 Å². The molecule has 124 valence electrons. The van der Waals surface area contributed by atoms with E-state index in [1.807, 2.05) is 32.0 Å². The van der Waals surface area contributed by atoms with Crippen LogP contribution in [0, 0.1) is 13.8 Å². The Morgan fingerprint density at radius 2 is 1.83 bits per heavy atom. The molecule has 3 N–H and O–H groups in total. The van der Waals surface area contributed by atoms with Crippen molar-refractivity contribution < 1.29 is 14.4 Å². The Labute approximate surface area is 135 Å². The Balaban J connectivity index is 1.95. The van der Waals surface area contributed by atoms with E-state index in [4.69, 9.17) is 0 Å². The van der Waals surface area contributed by atoms with Gasteiger partial charge in [0.25, 0.3) is 11.8 Å². The van der Waals surface area contributed by atoms with Gasteiger partial charge in [-0.3, -0.25) is 15.0 Å². The lowest BCUT2D eigenvalue weighted by Gasteiger charge is -2.19. The minimum Gasteiger partial charge on any atom is -0.376 e. The minimum absolute atomic E-state index is 0.0389. The number of hydrogen-bond donors (Lipinski definition) is 3. The second-order valence-corrected chi connectivity index (χ2v) is 6.02. The number of nitrogens with zero attached hydrogens (tertiary/aromatic N) is 1. The molecular formula is C16H22N4O3. The van der Waals surface area contributed by atoms with Gasteiger partial charge in [-0.2, -0.15) is 5.01 Å². The summed E-state index contributed by atoms with van der Waals surface area (Å²) in [5.74, 6) is -0.919. The number of benzene rings is 1. The fraction of sp³-hybridized carbons (Fsp3) is 0.438. The summed E-state index contributed by atoms with van der Waals surface area (Å²) >= 11 is 0. The molecule has 0 aliphatic carbocycles. The van der Waals surface area contributed by atoms with Crippen LogP contribution in [0.4, 0.5) is 10.5 Å². The van der Waals surface area contributed by atoms with E-state index in [0.29, 0.717) is 6.42 Å². The van der Waals surface area contributed by atoms with E-state index < -0.39 is 23.4 Å². The third kappa shape index (κ3) is 3.61. The van der Waals surface area contributed by atoms with Gasteiger partial charge < -0.3 is 10.6 Å². The average molecular weight is 318 g/mol. The van der Waals surface area contributed by atoms with Crippen LogP contribution in [-0.4, -0.2) is 34.9 Å². The van der Waals surface area contributed by atoms with Crippen molar-refractivity contribution in [3.8, 4) is 0 Å². The Hall–Kier alpha value is -2.57. The van der Waals surface area contributed by atoms with Crippen LogP contribution in [0.25, 0.3) is 0 Å². The fourth-order valence-corrected chi connectivity index (χ4v) is 2.45. The second-order valence-electron chi connectivity index (χ2n) is 6.02. The SMILES string of the molecule is CCC1(C)NC(=O)N(NC(=O)CNc2cc(C)cc(C)c2)C1=O. The Morgan fingerprint density at radius 1 is 1.22 bits per heavy atom. The maximum atomic E-state index is 12.2. The summed E-state index contributed by atoms with van der Waals surface area (Å²) in [7, 11) is 0. The number of carbonyl (C=O) groups is 3. The number of aryl methyl sites for hydroxylation is 2. The molecule has 2 rings (SSSR count). The van der Waals surface area contributed by atoms with Gasteiger partial charge >= 0.3 is 6.03 Å². The Bertz CT molecular complexity index is 638. The van der Waals surface area contributed by atoms with Gasteiger partial charge in [0, 0.05) is 5.69 Å². The summed E-state index contributed by atoms with van der Waals surface area (Å²) < 4.78 is 0. The van der Waals surface area contributed by atoms with Crippen LogP contribution in [0.3, 0.4) is 0 Å². The van der Waals surface area contributed by atoms with Crippen molar-refractivity contribution in [3.05, 3.63) is 29.3 Å². The summed E-state index contributed by atoms with van der Waals surface area (Å²) in [4.78, 5) is 36.0. The molecule has 1 heterocycles. The molecule has 7 nitrogen and oxygen atoms in total. The number of amides is 4. The molecule has 1 aliphatic rings. The van der Waals surface area contributed by atoms with E-state index in [-0.39, 0.29) is 6.54 Å². The molecule has 1 saturated heterocycles. The van der Waals surface area contributed by atoms with Crippen LogP contribution in [0.2, 0.25) is 0 Å². The quantitative estimate of drug-likeness (QED) is 0.717. The third-order valence-electron chi connectivity index (χ3n) is 3.88. The smallest absolute Gasteiger partial charge is 0.344 e. The van der Waals surface area contributed by atoms with Crippen LogP contribution >= 0.6 is 0 Å². The zero-order chi connectivity index (χ0) is 17.2. The first-order valence-electron chi connectivity index (χ1n) is 7.53. The Morgan fingerprint density at radius 3 is 2.35 bits per heavy atom. The molecule has 0 aromatic heterocycles. The summed E-state index contributed by atoms with van der Waals surface area (Å²) in [6.45, 7) is 7.33. The van der Waals surface area contributed by atoms with E-state index in [1.165, 1.54) is 0 Å². The number of anilines is 1. The van der Waals surface area contributed by atoms with Gasteiger partial charge in [-0.05, 0) is 50.5 Å². The van der Waals surface area contributed by atoms with Gasteiger partial charge in [-0.15, -0.1) is 0 Å². The molecule has 1 unspecified atom stereocenters. The lowest BCUT2D eigenvalue weighted by Crippen LogP contribution is -2.50. The summed E-state index contributed by atoms with van der Waals surface area (Å²) in [5, 5.41) is 6.30. The van der Waals surface area contributed by atoms with Gasteiger partial charge in [0.05, 0.1) is 6.54 Å². The van der Waals surface area contributed by atoms with Crippen molar-refractivity contribution in [1.82, 2.24) is 15.8 Å². The molecule has 1 aromatic rings. The molecule has 7 heteroatoms. The normalized spacial score (nSPS) is 20.4. The van der Waals surface area contributed by atoms with Gasteiger partial charge in [-0.25, -0.2) is 4.79 Å². The van der Waals surface area contributed by atoms with E-state index >= 15 is 0 Å². The number of urea groups is 1. The van der Waals surface area contributed by atoms with Gasteiger partial charge in [0.1, 0.15) is 5.54 Å². The first-order valence-corrected chi connectivity index (χ1v) is 7.53. The number of hydrazine groups is 1. The van der Waals surface area contributed by atoms with E-state index in [2.05, 4.69) is 16.1 Å². The first kappa shape index (κ1) is 16.8. The molecule has 0 radical (unpaired) electrons. The van der Waals surface area contributed by atoms with Crippen LogP contribution in [0.15, 0.2) is 18.2 Å². The highest BCUT2D eigenvalue weighted by molar-refractivity contribution is 6.07.